The molecule has 0 amide bonds. The van der Waals surface area contributed by atoms with Gasteiger partial charge in [-0.25, -0.2) is 8.78 Å². The van der Waals surface area contributed by atoms with Crippen LogP contribution in [0.4, 0.5) is 8.78 Å². The van der Waals surface area contributed by atoms with Crippen molar-refractivity contribution in [1.29, 1.82) is 0 Å². The van der Waals surface area contributed by atoms with Crippen LogP contribution in [0.25, 0.3) is 20.2 Å². The molecule has 1 aliphatic rings. The minimum atomic E-state index is -1.09. The SMILES string of the molecule is COc1cc2sc(CC3CCC3C(=O)O)cc2c(F)c1OCCCOc1c(OC)cc2sc(C(=O)CC(C)C(=O)O)cc2c1F. The Morgan fingerprint density at radius 2 is 1.47 bits per heavy atom. The number of carboxylic acids is 2. The molecule has 2 N–H and O–H groups in total. The molecule has 9 nitrogen and oxygen atoms in total. The minimum absolute atomic E-state index is 0.00570. The number of carbonyl (C=O) groups excluding carboxylic acids is 1. The fourth-order valence-corrected chi connectivity index (χ4v) is 7.55. The summed E-state index contributed by atoms with van der Waals surface area (Å²) in [6.45, 7) is 1.47. The lowest BCUT2D eigenvalue weighted by atomic mass is 9.72. The van der Waals surface area contributed by atoms with E-state index in [0.29, 0.717) is 27.6 Å². The summed E-state index contributed by atoms with van der Waals surface area (Å²) in [6, 6.07) is 6.39. The maximum Gasteiger partial charge on any atom is 0.306 e. The number of carbonyl (C=O) groups is 3. The summed E-state index contributed by atoms with van der Waals surface area (Å²) >= 11 is 2.45. The van der Waals surface area contributed by atoms with Gasteiger partial charge in [0.15, 0.2) is 40.4 Å². The van der Waals surface area contributed by atoms with Gasteiger partial charge >= 0.3 is 11.9 Å². The summed E-state index contributed by atoms with van der Waals surface area (Å²) in [4.78, 5) is 36.2. The Bertz CT molecular complexity index is 1760. The molecule has 240 valence electrons. The van der Waals surface area contributed by atoms with Crippen LogP contribution in [-0.2, 0) is 16.0 Å². The highest BCUT2D eigenvalue weighted by Gasteiger charge is 2.36. The van der Waals surface area contributed by atoms with E-state index >= 15 is 8.78 Å². The molecule has 2 aromatic heterocycles. The van der Waals surface area contributed by atoms with E-state index < -0.39 is 35.3 Å². The molecule has 0 radical (unpaired) electrons. The molecule has 3 atom stereocenters. The Hall–Kier alpha value is -3.97. The number of ether oxygens (including phenoxy) is 4. The van der Waals surface area contributed by atoms with Crippen molar-refractivity contribution < 1.29 is 52.3 Å². The Labute approximate surface area is 265 Å². The predicted molar refractivity (Wildman–Crippen MR) is 166 cm³/mol. The van der Waals surface area contributed by atoms with E-state index in [4.69, 9.17) is 24.1 Å². The molecule has 5 rings (SSSR count). The van der Waals surface area contributed by atoms with Gasteiger partial charge in [0.1, 0.15) is 0 Å². The highest BCUT2D eigenvalue weighted by molar-refractivity contribution is 7.21. The highest BCUT2D eigenvalue weighted by atomic mass is 32.1. The third-order valence-corrected chi connectivity index (χ3v) is 10.3. The number of hydrogen-bond acceptors (Lipinski definition) is 9. The highest BCUT2D eigenvalue weighted by Crippen LogP contribution is 2.44. The summed E-state index contributed by atoms with van der Waals surface area (Å²) in [5, 5.41) is 19.0. The Morgan fingerprint density at radius 3 is 1.98 bits per heavy atom. The molecule has 0 spiro atoms. The van der Waals surface area contributed by atoms with Crippen LogP contribution in [0.3, 0.4) is 0 Å². The van der Waals surface area contributed by atoms with Crippen molar-refractivity contribution in [2.45, 2.75) is 39.0 Å². The molecule has 45 heavy (non-hydrogen) atoms. The zero-order valence-corrected chi connectivity index (χ0v) is 26.4. The standard InChI is InChI=1S/C32H32F2O9S2/c1-15(31(36)37)9-21(35)26-12-20-25(45-26)14-23(41-3)30(28(20)34)43-8-4-7-42-29-22(40-2)13-24-19(27(29)33)11-17(44-24)10-16-5-6-18(16)32(38)39/h11-16,18H,4-10H2,1-3H3,(H,36,37)(H,38,39). The fraction of sp³-hybridized carbons (Fsp3) is 0.406. The van der Waals surface area contributed by atoms with Gasteiger partial charge in [-0.1, -0.05) is 6.92 Å². The van der Waals surface area contributed by atoms with Gasteiger partial charge in [0, 0.05) is 50.0 Å². The molecule has 3 unspecified atom stereocenters. The molecule has 13 heteroatoms. The summed E-state index contributed by atoms with van der Waals surface area (Å²) < 4.78 is 54.4. The quantitative estimate of drug-likeness (QED) is 0.100. The zero-order valence-electron chi connectivity index (χ0n) is 24.8. The first-order valence-electron chi connectivity index (χ1n) is 14.4. The van der Waals surface area contributed by atoms with Crippen LogP contribution >= 0.6 is 22.7 Å². The molecule has 0 aliphatic heterocycles. The monoisotopic (exact) mass is 662 g/mol. The predicted octanol–water partition coefficient (Wildman–Crippen LogP) is 7.21. The van der Waals surface area contributed by atoms with Crippen LogP contribution in [0, 0.1) is 29.4 Å². The molecule has 1 aliphatic carbocycles. The minimum Gasteiger partial charge on any atom is -0.493 e. The molecule has 1 fully saturated rings. The molecule has 2 aromatic carbocycles. The van der Waals surface area contributed by atoms with Crippen molar-refractivity contribution in [3.8, 4) is 23.0 Å². The van der Waals surface area contributed by atoms with Crippen LogP contribution in [0.15, 0.2) is 24.3 Å². The number of hydrogen-bond donors (Lipinski definition) is 2. The fourth-order valence-electron chi connectivity index (χ4n) is 5.33. The average Bonchev–Trinajstić information content (AvgIpc) is 3.61. The van der Waals surface area contributed by atoms with E-state index in [2.05, 4.69) is 0 Å². The van der Waals surface area contributed by atoms with Crippen molar-refractivity contribution in [2.24, 2.45) is 17.8 Å². The molecule has 4 aromatic rings. The van der Waals surface area contributed by atoms with E-state index in [1.165, 1.54) is 38.5 Å². The van der Waals surface area contributed by atoms with Gasteiger partial charge in [-0.2, -0.15) is 0 Å². The first-order valence-corrected chi connectivity index (χ1v) is 16.0. The number of carboxylic acid groups (broad SMARTS) is 2. The summed E-state index contributed by atoms with van der Waals surface area (Å²) in [5.41, 5.74) is 0. The third kappa shape index (κ3) is 6.69. The number of methoxy groups -OCH3 is 2. The van der Waals surface area contributed by atoms with Crippen LogP contribution in [-0.4, -0.2) is 55.4 Å². The Kier molecular flexibility index (Phi) is 9.78. The molecule has 0 saturated heterocycles. The second-order valence-electron chi connectivity index (χ2n) is 11.0. The second kappa shape index (κ2) is 13.6. The number of Topliss-reactive ketones (excluding diaryl/α,β-unsaturated/α-hetero) is 1. The number of halogens is 2. The molecular weight excluding hydrogens is 630 g/mol. The van der Waals surface area contributed by atoms with Gasteiger partial charge in [0.25, 0.3) is 0 Å². The summed E-state index contributed by atoms with van der Waals surface area (Å²) in [6.07, 6.45) is 2.12. The zero-order chi connectivity index (χ0) is 32.4. The van der Waals surface area contributed by atoms with Crippen LogP contribution in [0.5, 0.6) is 23.0 Å². The van der Waals surface area contributed by atoms with Gasteiger partial charge in [-0.05, 0) is 37.3 Å². The normalized spacial score (nSPS) is 16.7. The van der Waals surface area contributed by atoms with Gasteiger partial charge < -0.3 is 29.2 Å². The smallest absolute Gasteiger partial charge is 0.306 e. The van der Waals surface area contributed by atoms with Gasteiger partial charge in [-0.3, -0.25) is 14.4 Å². The Morgan fingerprint density at radius 1 is 0.889 bits per heavy atom. The average molecular weight is 663 g/mol. The number of rotatable bonds is 15. The number of ketones is 1. The molecule has 1 saturated carbocycles. The molecule has 2 heterocycles. The van der Waals surface area contributed by atoms with Crippen molar-refractivity contribution in [2.75, 3.05) is 27.4 Å². The van der Waals surface area contributed by atoms with Crippen LogP contribution in [0.2, 0.25) is 0 Å². The number of fused-ring (bicyclic) bond motifs is 2. The first kappa shape index (κ1) is 32.4. The van der Waals surface area contributed by atoms with E-state index in [0.717, 1.165) is 22.6 Å². The van der Waals surface area contributed by atoms with Crippen molar-refractivity contribution >= 4 is 60.6 Å². The lowest BCUT2D eigenvalue weighted by molar-refractivity contribution is -0.147. The van der Waals surface area contributed by atoms with Crippen molar-refractivity contribution in [3.63, 3.8) is 0 Å². The van der Waals surface area contributed by atoms with E-state index in [-0.39, 0.29) is 71.2 Å². The molecule has 0 bridgehead atoms. The van der Waals surface area contributed by atoms with E-state index in [1.807, 2.05) is 0 Å². The first-order chi connectivity index (χ1) is 21.5. The number of benzene rings is 2. The Balaban J connectivity index is 1.24. The van der Waals surface area contributed by atoms with E-state index in [9.17, 15) is 19.5 Å². The van der Waals surface area contributed by atoms with Crippen LogP contribution < -0.4 is 18.9 Å². The largest absolute Gasteiger partial charge is 0.493 e. The topological polar surface area (TPSA) is 129 Å². The summed E-state index contributed by atoms with van der Waals surface area (Å²) in [7, 11) is 2.78. The lowest BCUT2D eigenvalue weighted by Gasteiger charge is -2.32. The van der Waals surface area contributed by atoms with Crippen molar-refractivity contribution in [3.05, 3.63) is 45.7 Å². The van der Waals surface area contributed by atoms with Gasteiger partial charge in [0.05, 0.1) is 44.1 Å². The van der Waals surface area contributed by atoms with Crippen LogP contribution in [0.1, 0.15) is 47.2 Å². The van der Waals surface area contributed by atoms with Crippen molar-refractivity contribution in [1.82, 2.24) is 0 Å². The summed E-state index contributed by atoms with van der Waals surface area (Å²) in [5.74, 6) is -4.61. The van der Waals surface area contributed by atoms with Gasteiger partial charge in [0.2, 0.25) is 0 Å². The third-order valence-electron chi connectivity index (χ3n) is 8.02. The second-order valence-corrected chi connectivity index (χ2v) is 13.2. The number of thiophene rings is 2. The molecular formula is C32H32F2O9S2. The maximum absolute atomic E-state index is 15.6. The van der Waals surface area contributed by atoms with Gasteiger partial charge in [-0.15, -0.1) is 22.7 Å². The number of aliphatic carboxylic acids is 2. The lowest BCUT2D eigenvalue weighted by Crippen LogP contribution is -2.33. The van der Waals surface area contributed by atoms with E-state index in [1.54, 1.807) is 18.2 Å². The maximum atomic E-state index is 15.6.